The first-order valence-corrected chi connectivity index (χ1v) is 4.85. The lowest BCUT2D eigenvalue weighted by molar-refractivity contribution is 0.784. The van der Waals surface area contributed by atoms with Crippen molar-refractivity contribution in [1.29, 1.82) is 0 Å². The molecule has 1 heterocycles. The van der Waals surface area contributed by atoms with Gasteiger partial charge in [0.15, 0.2) is 0 Å². The van der Waals surface area contributed by atoms with E-state index in [1.807, 2.05) is 0 Å². The van der Waals surface area contributed by atoms with Gasteiger partial charge >= 0.3 is 0 Å². The second-order valence-corrected chi connectivity index (χ2v) is 3.18. The summed E-state index contributed by atoms with van der Waals surface area (Å²) in [6.07, 6.45) is 3.79. The molecule has 0 atom stereocenters. The molecular weight excluding hydrogens is 164 g/mol. The van der Waals surface area contributed by atoms with E-state index in [0.29, 0.717) is 0 Å². The number of aromatic amines is 1. The normalized spacial score (nSPS) is 10.3. The Labute approximate surface area is 78.2 Å². The summed E-state index contributed by atoms with van der Waals surface area (Å²) in [6, 6.07) is 1.59. The fourth-order valence-corrected chi connectivity index (χ4v) is 1.30. The molecule has 0 saturated heterocycles. The maximum absolute atomic E-state index is 11.2. The molecule has 0 unspecified atom stereocenters. The van der Waals surface area contributed by atoms with Crippen LogP contribution in [-0.2, 0) is 12.8 Å². The molecule has 3 nitrogen and oxygen atoms in total. The summed E-state index contributed by atoms with van der Waals surface area (Å²) in [5.41, 5.74) is 0.886. The molecule has 0 spiro atoms. The van der Waals surface area contributed by atoms with Crippen molar-refractivity contribution in [1.82, 2.24) is 9.97 Å². The maximum atomic E-state index is 11.2. The highest BCUT2D eigenvalue weighted by atomic mass is 16.1. The van der Waals surface area contributed by atoms with Gasteiger partial charge in [0.05, 0.1) is 0 Å². The van der Waals surface area contributed by atoms with Gasteiger partial charge in [0.25, 0.3) is 5.56 Å². The lowest BCUT2D eigenvalue weighted by Gasteiger charge is -2.01. The second kappa shape index (κ2) is 4.80. The Bertz CT molecular complexity index is 290. The molecule has 72 valence electrons. The Morgan fingerprint density at radius 3 is 2.62 bits per heavy atom. The number of nitrogens with zero attached hydrogens (tertiary/aromatic N) is 1. The SMILES string of the molecule is CCCc1cc(=O)[nH]c(CCC)n1. The van der Waals surface area contributed by atoms with Crippen LogP contribution in [0.5, 0.6) is 0 Å². The van der Waals surface area contributed by atoms with E-state index in [2.05, 4.69) is 23.8 Å². The lowest BCUT2D eigenvalue weighted by atomic mass is 10.2. The van der Waals surface area contributed by atoms with Crippen molar-refractivity contribution < 1.29 is 0 Å². The number of nitrogens with one attached hydrogen (secondary N) is 1. The van der Waals surface area contributed by atoms with Gasteiger partial charge in [-0.2, -0.15) is 0 Å². The number of rotatable bonds is 4. The molecule has 0 bridgehead atoms. The summed E-state index contributed by atoms with van der Waals surface area (Å²) in [6.45, 7) is 4.16. The Kier molecular flexibility index (Phi) is 3.68. The van der Waals surface area contributed by atoms with Crippen molar-refractivity contribution in [2.75, 3.05) is 0 Å². The zero-order valence-electron chi connectivity index (χ0n) is 8.26. The number of H-pyrrole nitrogens is 1. The van der Waals surface area contributed by atoms with Gasteiger partial charge < -0.3 is 4.98 Å². The molecular formula is C10H16N2O. The fourth-order valence-electron chi connectivity index (χ4n) is 1.30. The Balaban J connectivity index is 2.90. The molecule has 0 aliphatic heterocycles. The largest absolute Gasteiger partial charge is 0.311 e. The van der Waals surface area contributed by atoms with Gasteiger partial charge in [-0.1, -0.05) is 20.3 Å². The van der Waals surface area contributed by atoms with E-state index in [0.717, 1.165) is 37.2 Å². The Hall–Kier alpha value is -1.12. The zero-order valence-corrected chi connectivity index (χ0v) is 8.26. The van der Waals surface area contributed by atoms with Crippen LogP contribution in [0.3, 0.4) is 0 Å². The molecule has 3 heteroatoms. The highest BCUT2D eigenvalue weighted by Crippen LogP contribution is 1.98. The first kappa shape index (κ1) is 9.96. The monoisotopic (exact) mass is 180 g/mol. The van der Waals surface area contributed by atoms with E-state index in [9.17, 15) is 4.79 Å². The summed E-state index contributed by atoms with van der Waals surface area (Å²) in [5, 5.41) is 0. The van der Waals surface area contributed by atoms with E-state index in [1.54, 1.807) is 6.07 Å². The van der Waals surface area contributed by atoms with Gasteiger partial charge in [0.2, 0.25) is 0 Å². The first-order valence-electron chi connectivity index (χ1n) is 4.85. The molecule has 1 rings (SSSR count). The summed E-state index contributed by atoms with van der Waals surface area (Å²) in [4.78, 5) is 18.3. The Morgan fingerprint density at radius 2 is 2.00 bits per heavy atom. The van der Waals surface area contributed by atoms with Crippen molar-refractivity contribution in [2.45, 2.75) is 39.5 Å². The van der Waals surface area contributed by atoms with Crippen molar-refractivity contribution in [3.8, 4) is 0 Å². The molecule has 0 aromatic carbocycles. The molecule has 0 amide bonds. The van der Waals surface area contributed by atoms with Crippen LogP contribution in [-0.4, -0.2) is 9.97 Å². The quantitative estimate of drug-likeness (QED) is 0.766. The van der Waals surface area contributed by atoms with E-state index in [-0.39, 0.29) is 5.56 Å². The van der Waals surface area contributed by atoms with E-state index in [1.165, 1.54) is 0 Å². The lowest BCUT2D eigenvalue weighted by Crippen LogP contribution is -2.12. The van der Waals surface area contributed by atoms with Gasteiger partial charge in [0, 0.05) is 18.2 Å². The standard InChI is InChI=1S/C10H16N2O/c1-3-5-8-7-10(13)12-9(11-8)6-4-2/h7H,3-6H2,1-2H3,(H,11,12,13). The van der Waals surface area contributed by atoms with Crippen LogP contribution in [0.15, 0.2) is 10.9 Å². The third-order valence-electron chi connectivity index (χ3n) is 1.84. The van der Waals surface area contributed by atoms with E-state index < -0.39 is 0 Å². The molecule has 0 saturated carbocycles. The molecule has 0 radical (unpaired) electrons. The second-order valence-electron chi connectivity index (χ2n) is 3.18. The van der Waals surface area contributed by atoms with E-state index in [4.69, 9.17) is 0 Å². The minimum atomic E-state index is -0.0260. The highest BCUT2D eigenvalue weighted by molar-refractivity contribution is 5.02. The number of aromatic nitrogens is 2. The third-order valence-corrected chi connectivity index (χ3v) is 1.84. The third kappa shape index (κ3) is 3.01. The minimum absolute atomic E-state index is 0.0260. The van der Waals surface area contributed by atoms with Gasteiger partial charge in [-0.25, -0.2) is 4.98 Å². The van der Waals surface area contributed by atoms with Crippen LogP contribution in [0.4, 0.5) is 0 Å². The van der Waals surface area contributed by atoms with Crippen LogP contribution in [0.1, 0.15) is 38.2 Å². The van der Waals surface area contributed by atoms with Gasteiger partial charge in [-0.15, -0.1) is 0 Å². The summed E-state index contributed by atoms with van der Waals surface area (Å²) < 4.78 is 0. The van der Waals surface area contributed by atoms with Crippen molar-refractivity contribution in [2.24, 2.45) is 0 Å². The van der Waals surface area contributed by atoms with Crippen molar-refractivity contribution in [3.63, 3.8) is 0 Å². The molecule has 0 aliphatic rings. The smallest absolute Gasteiger partial charge is 0.251 e. The fraction of sp³-hybridized carbons (Fsp3) is 0.600. The summed E-state index contributed by atoms with van der Waals surface area (Å²) >= 11 is 0. The minimum Gasteiger partial charge on any atom is -0.311 e. The first-order chi connectivity index (χ1) is 6.26. The predicted octanol–water partition coefficient (Wildman–Crippen LogP) is 1.67. The van der Waals surface area contributed by atoms with Gasteiger partial charge in [-0.05, 0) is 12.8 Å². The molecule has 1 N–H and O–H groups in total. The van der Waals surface area contributed by atoms with Crippen LogP contribution in [0.25, 0.3) is 0 Å². The van der Waals surface area contributed by atoms with Crippen LogP contribution >= 0.6 is 0 Å². The molecule has 1 aromatic heterocycles. The Morgan fingerprint density at radius 1 is 1.31 bits per heavy atom. The van der Waals surface area contributed by atoms with Crippen LogP contribution < -0.4 is 5.56 Å². The van der Waals surface area contributed by atoms with Crippen LogP contribution in [0, 0.1) is 0 Å². The average Bonchev–Trinajstić information content (AvgIpc) is 2.04. The summed E-state index contributed by atoms with van der Waals surface area (Å²) in [5.74, 6) is 0.818. The average molecular weight is 180 g/mol. The van der Waals surface area contributed by atoms with Gasteiger partial charge in [-0.3, -0.25) is 4.79 Å². The predicted molar refractivity (Wildman–Crippen MR) is 52.8 cm³/mol. The zero-order chi connectivity index (χ0) is 9.68. The molecule has 13 heavy (non-hydrogen) atoms. The molecule has 0 fully saturated rings. The highest BCUT2D eigenvalue weighted by Gasteiger charge is 1.99. The maximum Gasteiger partial charge on any atom is 0.251 e. The summed E-state index contributed by atoms with van der Waals surface area (Å²) in [7, 11) is 0. The number of hydrogen-bond acceptors (Lipinski definition) is 2. The van der Waals surface area contributed by atoms with Gasteiger partial charge in [0.1, 0.15) is 5.82 Å². The number of aryl methyl sites for hydroxylation is 2. The van der Waals surface area contributed by atoms with E-state index >= 15 is 0 Å². The van der Waals surface area contributed by atoms with Crippen molar-refractivity contribution >= 4 is 0 Å². The topological polar surface area (TPSA) is 45.8 Å². The van der Waals surface area contributed by atoms with Crippen LogP contribution in [0.2, 0.25) is 0 Å². The molecule has 1 aromatic rings. The van der Waals surface area contributed by atoms with Crippen molar-refractivity contribution in [3.05, 3.63) is 27.9 Å². The molecule has 0 aliphatic carbocycles. The number of hydrogen-bond donors (Lipinski definition) is 1.